The van der Waals surface area contributed by atoms with E-state index in [0.717, 1.165) is 10.4 Å². The van der Waals surface area contributed by atoms with Crippen LogP contribution in [-0.4, -0.2) is 75.9 Å². The summed E-state index contributed by atoms with van der Waals surface area (Å²) in [5, 5.41) is 30.0. The molecule has 2 aromatic carbocycles. The third-order valence-corrected chi connectivity index (χ3v) is 7.96. The van der Waals surface area contributed by atoms with E-state index in [0.29, 0.717) is 32.4 Å². The lowest BCUT2D eigenvalue weighted by atomic mass is 10.0. The average Bonchev–Trinajstić information content (AvgIpc) is 3.39. The SMILES string of the molecule is COc1cc(-n2cnc3cc(-c4ccc(Cl)cc4)sc3c2=O)ccc1OCC(C)O[C@H]1O[C@H](CO)[C@@H](O)C[C@H]1O. The first kappa shape index (κ1) is 28.5. The predicted molar refractivity (Wildman–Crippen MR) is 151 cm³/mol. The van der Waals surface area contributed by atoms with Gasteiger partial charge in [-0.25, -0.2) is 4.98 Å². The van der Waals surface area contributed by atoms with Crippen molar-refractivity contribution in [2.45, 2.75) is 44.1 Å². The number of ether oxygens (including phenoxy) is 4. The van der Waals surface area contributed by atoms with Gasteiger partial charge in [-0.1, -0.05) is 23.7 Å². The van der Waals surface area contributed by atoms with E-state index in [9.17, 15) is 20.1 Å². The monoisotopic (exact) mass is 588 g/mol. The molecule has 2 aromatic heterocycles. The Hall–Kier alpha value is -3.03. The van der Waals surface area contributed by atoms with Crippen LogP contribution in [0, 0.1) is 0 Å². The Morgan fingerprint density at radius 2 is 1.93 bits per heavy atom. The van der Waals surface area contributed by atoms with Crippen molar-refractivity contribution in [3.05, 3.63) is 70.2 Å². The van der Waals surface area contributed by atoms with Gasteiger partial charge < -0.3 is 34.3 Å². The molecule has 5 rings (SSSR count). The number of fused-ring (bicyclic) bond motifs is 1. The zero-order chi connectivity index (χ0) is 28.4. The fraction of sp³-hybridized carbons (Fsp3) is 0.357. The van der Waals surface area contributed by atoms with Crippen LogP contribution in [0.15, 0.2) is 59.7 Å². The molecule has 3 heterocycles. The van der Waals surface area contributed by atoms with Crippen molar-refractivity contribution in [2.75, 3.05) is 20.3 Å². The summed E-state index contributed by atoms with van der Waals surface area (Å²) in [6.45, 7) is 1.46. The van der Waals surface area contributed by atoms with Gasteiger partial charge in [-0.05, 0) is 42.8 Å². The first-order valence-corrected chi connectivity index (χ1v) is 13.8. The van der Waals surface area contributed by atoms with E-state index in [1.165, 1.54) is 29.3 Å². The zero-order valence-electron chi connectivity index (χ0n) is 21.8. The fourth-order valence-electron chi connectivity index (χ4n) is 4.40. The number of benzene rings is 2. The van der Waals surface area contributed by atoms with Gasteiger partial charge in [0.15, 0.2) is 17.8 Å². The van der Waals surface area contributed by atoms with E-state index in [1.54, 1.807) is 37.3 Å². The number of aliphatic hydroxyl groups excluding tert-OH is 3. The van der Waals surface area contributed by atoms with Crippen LogP contribution in [0.2, 0.25) is 5.02 Å². The molecule has 0 radical (unpaired) electrons. The van der Waals surface area contributed by atoms with E-state index in [4.69, 9.17) is 30.5 Å². The van der Waals surface area contributed by atoms with Crippen molar-refractivity contribution in [1.82, 2.24) is 9.55 Å². The minimum absolute atomic E-state index is 0.0344. The number of aliphatic hydroxyl groups is 3. The topological polar surface area (TPSA) is 133 Å². The number of aromatic nitrogens is 2. The Morgan fingerprint density at radius 1 is 1.15 bits per heavy atom. The summed E-state index contributed by atoms with van der Waals surface area (Å²) in [6, 6.07) is 14.4. The van der Waals surface area contributed by atoms with Gasteiger partial charge in [0.1, 0.15) is 29.8 Å². The van der Waals surface area contributed by atoms with Gasteiger partial charge in [0.05, 0.1) is 37.1 Å². The maximum atomic E-state index is 13.4. The quantitative estimate of drug-likeness (QED) is 0.269. The summed E-state index contributed by atoms with van der Waals surface area (Å²) in [7, 11) is 1.50. The Labute approximate surface area is 238 Å². The summed E-state index contributed by atoms with van der Waals surface area (Å²) in [4.78, 5) is 18.8. The molecule has 0 amide bonds. The summed E-state index contributed by atoms with van der Waals surface area (Å²) in [5.41, 5.74) is 1.92. The summed E-state index contributed by atoms with van der Waals surface area (Å²) >= 11 is 7.37. The Morgan fingerprint density at radius 3 is 2.65 bits per heavy atom. The van der Waals surface area contributed by atoms with E-state index in [2.05, 4.69) is 4.98 Å². The highest BCUT2D eigenvalue weighted by Gasteiger charge is 2.37. The molecule has 40 heavy (non-hydrogen) atoms. The van der Waals surface area contributed by atoms with Gasteiger partial charge in [0.25, 0.3) is 5.56 Å². The molecule has 0 saturated carbocycles. The maximum Gasteiger partial charge on any atom is 0.275 e. The van der Waals surface area contributed by atoms with Crippen LogP contribution < -0.4 is 15.0 Å². The third kappa shape index (κ3) is 6.01. The second-order valence-electron chi connectivity index (χ2n) is 9.44. The highest BCUT2D eigenvalue weighted by molar-refractivity contribution is 7.22. The van der Waals surface area contributed by atoms with Crippen LogP contribution in [0.4, 0.5) is 0 Å². The van der Waals surface area contributed by atoms with Crippen LogP contribution in [-0.2, 0) is 9.47 Å². The number of nitrogens with zero attached hydrogens (tertiary/aromatic N) is 2. The maximum absolute atomic E-state index is 13.4. The van der Waals surface area contributed by atoms with Crippen LogP contribution in [0.1, 0.15) is 13.3 Å². The molecule has 0 aliphatic carbocycles. The summed E-state index contributed by atoms with van der Waals surface area (Å²) < 4.78 is 24.6. The van der Waals surface area contributed by atoms with Crippen molar-refractivity contribution < 1.29 is 34.3 Å². The largest absolute Gasteiger partial charge is 0.493 e. The summed E-state index contributed by atoms with van der Waals surface area (Å²) in [5.74, 6) is 0.834. The molecule has 0 bridgehead atoms. The molecule has 1 unspecified atom stereocenters. The normalized spacial score (nSPS) is 21.9. The molecule has 212 valence electrons. The first-order chi connectivity index (χ1) is 19.3. The molecular formula is C28H29ClN2O8S. The molecule has 10 nitrogen and oxygen atoms in total. The molecule has 5 atom stereocenters. The van der Waals surface area contributed by atoms with Gasteiger partial charge >= 0.3 is 0 Å². The molecule has 1 aliphatic rings. The van der Waals surface area contributed by atoms with Crippen molar-refractivity contribution in [3.63, 3.8) is 0 Å². The number of methoxy groups -OCH3 is 1. The van der Waals surface area contributed by atoms with E-state index >= 15 is 0 Å². The fourth-order valence-corrected chi connectivity index (χ4v) is 5.58. The minimum Gasteiger partial charge on any atom is -0.493 e. The lowest BCUT2D eigenvalue weighted by Crippen LogP contribution is -2.50. The lowest BCUT2D eigenvalue weighted by Gasteiger charge is -2.37. The Bertz CT molecular complexity index is 1530. The van der Waals surface area contributed by atoms with Gasteiger partial charge in [-0.2, -0.15) is 0 Å². The van der Waals surface area contributed by atoms with Crippen LogP contribution in [0.25, 0.3) is 26.3 Å². The van der Waals surface area contributed by atoms with E-state index in [-0.39, 0.29) is 25.2 Å². The number of hydrogen-bond acceptors (Lipinski definition) is 10. The standard InChI is InChI=1S/C28H29ClN2O8S/c1-15(38-28-21(34)11-20(33)24(12-32)39-28)13-37-22-8-7-18(9-23(22)36-2)31-14-30-19-10-25(40-26(19)27(31)35)16-3-5-17(29)6-4-16/h3-10,14-15,20-21,24,28,32-34H,11-13H2,1-2H3/t15?,20-,21+,24+,28-/m0/s1. The highest BCUT2D eigenvalue weighted by atomic mass is 35.5. The lowest BCUT2D eigenvalue weighted by molar-refractivity contribution is -0.283. The number of rotatable bonds is 9. The number of halogens is 1. The highest BCUT2D eigenvalue weighted by Crippen LogP contribution is 2.33. The molecule has 1 aliphatic heterocycles. The van der Waals surface area contributed by atoms with Crippen molar-refractivity contribution in [1.29, 1.82) is 0 Å². The van der Waals surface area contributed by atoms with Gasteiger partial charge in [0, 0.05) is 22.4 Å². The van der Waals surface area contributed by atoms with Crippen LogP contribution in [0.3, 0.4) is 0 Å². The van der Waals surface area contributed by atoms with E-state index < -0.39 is 30.7 Å². The summed E-state index contributed by atoms with van der Waals surface area (Å²) in [6.07, 6.45) is -2.82. The molecule has 12 heteroatoms. The average molecular weight is 589 g/mol. The minimum atomic E-state index is -1.04. The first-order valence-electron chi connectivity index (χ1n) is 12.6. The number of hydrogen-bond donors (Lipinski definition) is 3. The molecular weight excluding hydrogens is 560 g/mol. The molecule has 1 saturated heterocycles. The third-order valence-electron chi connectivity index (χ3n) is 6.55. The predicted octanol–water partition coefficient (Wildman–Crippen LogP) is 3.39. The van der Waals surface area contributed by atoms with Gasteiger partial charge in [0.2, 0.25) is 0 Å². The van der Waals surface area contributed by atoms with E-state index in [1.807, 2.05) is 18.2 Å². The molecule has 1 fully saturated rings. The smallest absolute Gasteiger partial charge is 0.275 e. The molecule has 0 spiro atoms. The van der Waals surface area contributed by atoms with Gasteiger partial charge in [-0.15, -0.1) is 11.3 Å². The Kier molecular flexibility index (Phi) is 8.71. The van der Waals surface area contributed by atoms with Crippen LogP contribution in [0.5, 0.6) is 11.5 Å². The van der Waals surface area contributed by atoms with Crippen LogP contribution >= 0.6 is 22.9 Å². The van der Waals surface area contributed by atoms with Crippen molar-refractivity contribution in [3.8, 4) is 27.6 Å². The molecule has 3 N–H and O–H groups in total. The van der Waals surface area contributed by atoms with Crippen molar-refractivity contribution in [2.24, 2.45) is 0 Å². The second-order valence-corrected chi connectivity index (χ2v) is 10.9. The van der Waals surface area contributed by atoms with Gasteiger partial charge in [-0.3, -0.25) is 9.36 Å². The molecule has 4 aromatic rings. The van der Waals surface area contributed by atoms with Crippen molar-refractivity contribution >= 4 is 33.2 Å². The number of thiophene rings is 1. The zero-order valence-corrected chi connectivity index (χ0v) is 23.3. The Balaban J connectivity index is 1.30. The second kappa shape index (κ2) is 12.2.